The van der Waals surface area contributed by atoms with Crippen LogP contribution in [0.15, 0.2) is 35.0 Å². The lowest BCUT2D eigenvalue weighted by molar-refractivity contribution is -0.127. The third-order valence-corrected chi connectivity index (χ3v) is 4.44. The highest BCUT2D eigenvalue weighted by Crippen LogP contribution is 2.07. The number of carbonyl (C=O) groups excluding carboxylic acids is 4. The summed E-state index contributed by atoms with van der Waals surface area (Å²) in [6.45, 7) is 0. The lowest BCUT2D eigenvalue weighted by Gasteiger charge is -2.07. The van der Waals surface area contributed by atoms with Gasteiger partial charge < -0.3 is 0 Å². The Labute approximate surface area is 145 Å². The van der Waals surface area contributed by atoms with Crippen LogP contribution in [0.3, 0.4) is 0 Å². The number of hydrazine groups is 2. The first-order chi connectivity index (χ1) is 11.6. The van der Waals surface area contributed by atoms with E-state index in [2.05, 4.69) is 21.7 Å². The highest BCUT2D eigenvalue weighted by Gasteiger charge is 2.11. The van der Waals surface area contributed by atoms with E-state index in [1.807, 2.05) is 0 Å². The standard InChI is InChI=1S/C14H14N4O4S2/c19-11(15-17-13(21)9-3-1-7-23-9)5-6-12(20)16-18-14(22)10-4-2-8-24-10/h1-4,7-8H,5-6H2,(H,15,19)(H,16,20)(H,17,21)(H,18,22). The molecule has 2 rings (SSSR count). The molecule has 126 valence electrons. The lowest BCUT2D eigenvalue weighted by Crippen LogP contribution is -2.43. The van der Waals surface area contributed by atoms with Crippen molar-refractivity contribution in [2.24, 2.45) is 0 Å². The molecule has 0 saturated heterocycles. The van der Waals surface area contributed by atoms with Gasteiger partial charge >= 0.3 is 0 Å². The first-order valence-corrected chi connectivity index (χ1v) is 8.57. The minimum atomic E-state index is -0.514. The smallest absolute Gasteiger partial charge is 0.273 e. The highest BCUT2D eigenvalue weighted by atomic mass is 32.1. The molecular formula is C14H14N4O4S2. The van der Waals surface area contributed by atoms with Gasteiger partial charge in [0.2, 0.25) is 11.8 Å². The maximum absolute atomic E-state index is 11.6. The summed E-state index contributed by atoms with van der Waals surface area (Å²) >= 11 is 2.48. The van der Waals surface area contributed by atoms with Gasteiger partial charge in [-0.15, -0.1) is 22.7 Å². The molecule has 2 aromatic heterocycles. The van der Waals surface area contributed by atoms with E-state index in [9.17, 15) is 19.2 Å². The van der Waals surface area contributed by atoms with E-state index in [1.165, 1.54) is 22.7 Å². The zero-order valence-electron chi connectivity index (χ0n) is 12.3. The molecule has 0 aliphatic rings. The number of hydrogen-bond acceptors (Lipinski definition) is 6. The van der Waals surface area contributed by atoms with Crippen molar-refractivity contribution in [1.82, 2.24) is 21.7 Å². The molecule has 10 heteroatoms. The van der Waals surface area contributed by atoms with E-state index in [1.54, 1.807) is 35.0 Å². The van der Waals surface area contributed by atoms with Crippen LogP contribution in [-0.4, -0.2) is 23.6 Å². The van der Waals surface area contributed by atoms with Gasteiger partial charge in [-0.25, -0.2) is 0 Å². The third-order valence-electron chi connectivity index (χ3n) is 2.70. The van der Waals surface area contributed by atoms with Crippen LogP contribution < -0.4 is 21.7 Å². The summed E-state index contributed by atoms with van der Waals surface area (Å²) in [5.74, 6) is -1.88. The normalized spacial score (nSPS) is 9.83. The summed E-state index contributed by atoms with van der Waals surface area (Å²) in [5, 5.41) is 3.48. The number of nitrogens with one attached hydrogen (secondary N) is 4. The van der Waals surface area contributed by atoms with E-state index >= 15 is 0 Å². The third kappa shape index (κ3) is 5.48. The molecule has 0 radical (unpaired) electrons. The van der Waals surface area contributed by atoms with E-state index in [-0.39, 0.29) is 12.8 Å². The van der Waals surface area contributed by atoms with Gasteiger partial charge in [0.25, 0.3) is 11.8 Å². The van der Waals surface area contributed by atoms with Crippen molar-refractivity contribution in [2.75, 3.05) is 0 Å². The fourth-order valence-electron chi connectivity index (χ4n) is 1.54. The minimum Gasteiger partial charge on any atom is -0.273 e. The summed E-state index contributed by atoms with van der Waals surface area (Å²) in [6, 6.07) is 6.68. The molecule has 0 saturated carbocycles. The SMILES string of the molecule is O=C(CCC(=O)NNC(=O)c1cccs1)NNC(=O)c1cccs1. The van der Waals surface area contributed by atoms with E-state index in [0.717, 1.165) is 0 Å². The average Bonchev–Trinajstić information content (AvgIpc) is 3.28. The van der Waals surface area contributed by atoms with Crippen LogP contribution in [0.4, 0.5) is 0 Å². The van der Waals surface area contributed by atoms with Crippen molar-refractivity contribution in [1.29, 1.82) is 0 Å². The molecule has 4 N–H and O–H groups in total. The van der Waals surface area contributed by atoms with E-state index in [0.29, 0.717) is 9.75 Å². The molecule has 0 aliphatic carbocycles. The minimum absolute atomic E-state index is 0.134. The topological polar surface area (TPSA) is 116 Å². The number of hydrogen-bond donors (Lipinski definition) is 4. The van der Waals surface area contributed by atoms with Crippen molar-refractivity contribution < 1.29 is 19.2 Å². The van der Waals surface area contributed by atoms with Crippen LogP contribution in [0.2, 0.25) is 0 Å². The Morgan fingerprint density at radius 1 is 0.708 bits per heavy atom. The van der Waals surface area contributed by atoms with Crippen LogP contribution in [0.5, 0.6) is 0 Å². The molecule has 2 heterocycles. The van der Waals surface area contributed by atoms with Gasteiger partial charge in [0.05, 0.1) is 9.75 Å². The van der Waals surface area contributed by atoms with Crippen LogP contribution in [0.25, 0.3) is 0 Å². The predicted octanol–water partition coefficient (Wildman–Crippen LogP) is 0.812. The molecule has 8 nitrogen and oxygen atoms in total. The average molecular weight is 366 g/mol. The van der Waals surface area contributed by atoms with Crippen molar-refractivity contribution >= 4 is 46.3 Å². The monoisotopic (exact) mass is 366 g/mol. The zero-order chi connectivity index (χ0) is 17.4. The van der Waals surface area contributed by atoms with Gasteiger partial charge in [-0.1, -0.05) is 12.1 Å². The molecule has 24 heavy (non-hydrogen) atoms. The lowest BCUT2D eigenvalue weighted by atomic mass is 10.3. The van der Waals surface area contributed by atoms with Crippen molar-refractivity contribution in [3.05, 3.63) is 44.8 Å². The highest BCUT2D eigenvalue weighted by molar-refractivity contribution is 7.12. The van der Waals surface area contributed by atoms with Gasteiger partial charge in [-0.05, 0) is 22.9 Å². The van der Waals surface area contributed by atoms with Gasteiger partial charge in [0.15, 0.2) is 0 Å². The van der Waals surface area contributed by atoms with Crippen molar-refractivity contribution in [2.45, 2.75) is 12.8 Å². The molecule has 0 aromatic carbocycles. The maximum Gasteiger partial charge on any atom is 0.279 e. The summed E-state index contributed by atoms with van der Waals surface area (Å²) in [5.41, 5.74) is 8.93. The Morgan fingerprint density at radius 2 is 1.12 bits per heavy atom. The molecule has 0 atom stereocenters. The summed E-state index contributed by atoms with van der Waals surface area (Å²) in [7, 11) is 0. The Bertz CT molecular complexity index is 651. The molecule has 0 aliphatic heterocycles. The Balaban J connectivity index is 1.61. The second-order valence-electron chi connectivity index (χ2n) is 4.46. The van der Waals surface area contributed by atoms with Crippen LogP contribution in [0.1, 0.15) is 32.2 Å². The van der Waals surface area contributed by atoms with E-state index in [4.69, 9.17) is 0 Å². The first-order valence-electron chi connectivity index (χ1n) is 6.81. The first kappa shape index (κ1) is 17.6. The number of rotatable bonds is 5. The fourth-order valence-corrected chi connectivity index (χ4v) is 2.78. The molecule has 0 fully saturated rings. The van der Waals surface area contributed by atoms with Gasteiger partial charge in [0, 0.05) is 12.8 Å². The molecule has 0 spiro atoms. The zero-order valence-corrected chi connectivity index (χ0v) is 14.0. The number of carbonyl (C=O) groups is 4. The largest absolute Gasteiger partial charge is 0.279 e. The quantitative estimate of drug-likeness (QED) is 0.586. The Hall–Kier alpha value is -2.72. The van der Waals surface area contributed by atoms with Crippen LogP contribution in [-0.2, 0) is 9.59 Å². The van der Waals surface area contributed by atoms with Crippen molar-refractivity contribution in [3.8, 4) is 0 Å². The van der Waals surface area contributed by atoms with Crippen molar-refractivity contribution in [3.63, 3.8) is 0 Å². The number of amides is 4. The predicted molar refractivity (Wildman–Crippen MR) is 89.1 cm³/mol. The Morgan fingerprint density at radius 3 is 1.46 bits per heavy atom. The van der Waals surface area contributed by atoms with Gasteiger partial charge in [0.1, 0.15) is 0 Å². The molecule has 4 amide bonds. The summed E-state index contributed by atoms with van der Waals surface area (Å²) in [6.07, 6.45) is -0.267. The fraction of sp³-hybridized carbons (Fsp3) is 0.143. The molecular weight excluding hydrogens is 352 g/mol. The number of thiophene rings is 2. The molecule has 2 aromatic rings. The van der Waals surface area contributed by atoms with Crippen LogP contribution in [0, 0.1) is 0 Å². The second kappa shape index (κ2) is 8.79. The molecule has 0 bridgehead atoms. The second-order valence-corrected chi connectivity index (χ2v) is 6.35. The Kier molecular flexibility index (Phi) is 6.46. The van der Waals surface area contributed by atoms with E-state index < -0.39 is 23.6 Å². The van der Waals surface area contributed by atoms with Gasteiger partial charge in [-0.2, -0.15) is 0 Å². The maximum atomic E-state index is 11.6. The summed E-state index contributed by atoms with van der Waals surface area (Å²) < 4.78 is 0. The molecule has 0 unspecified atom stereocenters. The van der Waals surface area contributed by atoms with Gasteiger partial charge in [-0.3, -0.25) is 40.9 Å². The summed E-state index contributed by atoms with van der Waals surface area (Å²) in [4.78, 5) is 47.2. The van der Waals surface area contributed by atoms with Crippen LogP contribution >= 0.6 is 22.7 Å².